The minimum atomic E-state index is 0.471. The lowest BCUT2D eigenvalue weighted by molar-refractivity contribution is 0.423. The van der Waals surface area contributed by atoms with E-state index < -0.39 is 0 Å². The van der Waals surface area contributed by atoms with E-state index in [9.17, 15) is 0 Å². The number of aryl methyl sites for hydroxylation is 1. The summed E-state index contributed by atoms with van der Waals surface area (Å²) in [6.45, 7) is 7.00. The Hall–Kier alpha value is -2.30. The predicted molar refractivity (Wildman–Crippen MR) is 100 cm³/mol. The summed E-state index contributed by atoms with van der Waals surface area (Å²) in [5.74, 6) is 1.39. The molecular weight excluding hydrogens is 298 g/mol. The number of aliphatic imine (C=N–C) groups is 1. The van der Waals surface area contributed by atoms with E-state index >= 15 is 0 Å². The maximum atomic E-state index is 4.40. The first-order chi connectivity index (χ1) is 11.6. The van der Waals surface area contributed by atoms with Gasteiger partial charge in [0.15, 0.2) is 5.96 Å². The summed E-state index contributed by atoms with van der Waals surface area (Å²) in [7, 11) is 3.90. The number of guanidine groups is 1. The van der Waals surface area contributed by atoms with E-state index in [0.29, 0.717) is 5.92 Å². The number of rotatable bonds is 7. The molecular formula is C19H29N5. The third-order valence-corrected chi connectivity index (χ3v) is 4.09. The zero-order valence-corrected chi connectivity index (χ0v) is 15.2. The zero-order valence-electron chi connectivity index (χ0n) is 15.2. The van der Waals surface area contributed by atoms with Crippen molar-refractivity contribution in [1.82, 2.24) is 20.0 Å². The van der Waals surface area contributed by atoms with E-state index in [4.69, 9.17) is 0 Å². The van der Waals surface area contributed by atoms with Gasteiger partial charge in [0.2, 0.25) is 0 Å². The number of hydrogen-bond acceptors (Lipinski definition) is 2. The Morgan fingerprint density at radius 3 is 2.58 bits per heavy atom. The fourth-order valence-corrected chi connectivity index (χ4v) is 2.67. The van der Waals surface area contributed by atoms with Gasteiger partial charge in [-0.15, -0.1) is 0 Å². The normalized spacial score (nSPS) is 12.9. The quantitative estimate of drug-likeness (QED) is 0.628. The van der Waals surface area contributed by atoms with Crippen LogP contribution >= 0.6 is 0 Å². The molecule has 0 aliphatic heterocycles. The summed E-state index contributed by atoms with van der Waals surface area (Å²) in [6, 6.07) is 10.7. The Bertz CT molecular complexity index is 616. The lowest BCUT2D eigenvalue weighted by Crippen LogP contribution is -2.40. The minimum Gasteiger partial charge on any atom is -0.356 e. The van der Waals surface area contributed by atoms with Crippen LogP contribution in [-0.4, -0.2) is 41.3 Å². The largest absolute Gasteiger partial charge is 0.356 e. The van der Waals surface area contributed by atoms with Crippen LogP contribution in [0.5, 0.6) is 0 Å². The van der Waals surface area contributed by atoms with Crippen LogP contribution in [0.3, 0.4) is 0 Å². The first-order valence-electron chi connectivity index (χ1n) is 8.59. The van der Waals surface area contributed by atoms with Crippen LogP contribution in [0.1, 0.15) is 25.0 Å². The van der Waals surface area contributed by atoms with Gasteiger partial charge in [0.05, 0.1) is 0 Å². The topological polar surface area (TPSA) is 45.5 Å². The number of hydrogen-bond donors (Lipinski definition) is 1. The molecule has 0 radical (unpaired) electrons. The summed E-state index contributed by atoms with van der Waals surface area (Å²) in [6.07, 6.45) is 4.89. The monoisotopic (exact) mass is 327 g/mol. The first kappa shape index (κ1) is 18.0. The lowest BCUT2D eigenvalue weighted by atomic mass is 10.1. The van der Waals surface area contributed by atoms with Gasteiger partial charge in [-0.05, 0) is 29.5 Å². The standard InChI is InChI=1S/C19H29N5/c1-5-17-7-9-18(10-8-17)15-23(4)19(20-3)21-13-16(2)14-24-12-6-11-22-24/h6-12,16H,5,13-15H2,1-4H3,(H,20,21). The Morgan fingerprint density at radius 1 is 1.29 bits per heavy atom. The fourth-order valence-electron chi connectivity index (χ4n) is 2.67. The van der Waals surface area contributed by atoms with Crippen molar-refractivity contribution in [2.75, 3.05) is 20.6 Å². The Labute approximate surface area is 145 Å². The zero-order chi connectivity index (χ0) is 17.4. The van der Waals surface area contributed by atoms with E-state index in [1.165, 1.54) is 11.1 Å². The van der Waals surface area contributed by atoms with E-state index in [0.717, 1.165) is 32.0 Å². The highest BCUT2D eigenvalue weighted by atomic mass is 15.3. The van der Waals surface area contributed by atoms with E-state index in [1.807, 2.05) is 30.2 Å². The van der Waals surface area contributed by atoms with E-state index in [1.54, 1.807) is 0 Å². The highest BCUT2D eigenvalue weighted by Crippen LogP contribution is 2.07. The molecule has 5 heteroatoms. The summed E-state index contributed by atoms with van der Waals surface area (Å²) in [5.41, 5.74) is 2.67. The molecule has 0 fully saturated rings. The lowest BCUT2D eigenvalue weighted by Gasteiger charge is -2.24. The maximum absolute atomic E-state index is 4.40. The third kappa shape index (κ3) is 5.41. The van der Waals surface area contributed by atoms with Gasteiger partial charge < -0.3 is 10.2 Å². The molecule has 2 aromatic rings. The molecule has 0 spiro atoms. The number of nitrogens with one attached hydrogen (secondary N) is 1. The molecule has 0 saturated carbocycles. The van der Waals surface area contributed by atoms with Crippen molar-refractivity contribution in [3.63, 3.8) is 0 Å². The van der Waals surface area contributed by atoms with Crippen molar-refractivity contribution in [1.29, 1.82) is 0 Å². The second-order valence-corrected chi connectivity index (χ2v) is 6.29. The molecule has 1 atom stereocenters. The van der Waals surface area contributed by atoms with Gasteiger partial charge in [-0.3, -0.25) is 9.67 Å². The summed E-state index contributed by atoms with van der Waals surface area (Å²) in [4.78, 5) is 6.55. The summed E-state index contributed by atoms with van der Waals surface area (Å²) >= 11 is 0. The molecule has 1 N–H and O–H groups in total. The van der Waals surface area contributed by atoms with E-state index in [2.05, 4.69) is 65.5 Å². The smallest absolute Gasteiger partial charge is 0.193 e. The molecule has 0 aliphatic carbocycles. The summed E-state index contributed by atoms with van der Waals surface area (Å²) in [5, 5.41) is 7.72. The average Bonchev–Trinajstić information content (AvgIpc) is 3.09. The molecule has 0 saturated heterocycles. The van der Waals surface area contributed by atoms with Crippen LogP contribution < -0.4 is 5.32 Å². The van der Waals surface area contributed by atoms with Gasteiger partial charge in [0.1, 0.15) is 0 Å². The molecule has 130 valence electrons. The SMILES string of the molecule is CCc1ccc(CN(C)C(=NC)NCC(C)Cn2cccn2)cc1. The maximum Gasteiger partial charge on any atom is 0.193 e. The second kappa shape index (κ2) is 9.11. The van der Waals surface area contributed by atoms with Crippen LogP contribution in [0.2, 0.25) is 0 Å². The Balaban J connectivity index is 1.83. The van der Waals surface area contributed by atoms with Crippen LogP contribution in [0.15, 0.2) is 47.7 Å². The Morgan fingerprint density at radius 2 is 2.00 bits per heavy atom. The molecule has 5 nitrogen and oxygen atoms in total. The van der Waals surface area contributed by atoms with Crippen molar-refractivity contribution in [3.05, 3.63) is 53.9 Å². The molecule has 0 aliphatic rings. The summed E-state index contributed by atoms with van der Waals surface area (Å²) < 4.78 is 1.97. The van der Waals surface area contributed by atoms with Gasteiger partial charge in [-0.2, -0.15) is 5.10 Å². The minimum absolute atomic E-state index is 0.471. The van der Waals surface area contributed by atoms with Crippen LogP contribution in [0, 0.1) is 5.92 Å². The van der Waals surface area contributed by atoms with Gasteiger partial charge in [-0.1, -0.05) is 38.1 Å². The number of nitrogens with zero attached hydrogens (tertiary/aromatic N) is 4. The average molecular weight is 327 g/mol. The van der Waals surface area contributed by atoms with Gasteiger partial charge >= 0.3 is 0 Å². The van der Waals surface area contributed by atoms with Crippen molar-refractivity contribution in [3.8, 4) is 0 Å². The number of benzene rings is 1. The van der Waals surface area contributed by atoms with Crippen molar-refractivity contribution in [2.45, 2.75) is 33.4 Å². The molecule has 1 aromatic heterocycles. The van der Waals surface area contributed by atoms with Crippen molar-refractivity contribution < 1.29 is 0 Å². The second-order valence-electron chi connectivity index (χ2n) is 6.29. The van der Waals surface area contributed by atoms with Crippen LogP contribution in [0.4, 0.5) is 0 Å². The number of aromatic nitrogens is 2. The molecule has 24 heavy (non-hydrogen) atoms. The first-order valence-corrected chi connectivity index (χ1v) is 8.59. The third-order valence-electron chi connectivity index (χ3n) is 4.09. The van der Waals surface area contributed by atoms with Crippen molar-refractivity contribution >= 4 is 5.96 Å². The predicted octanol–water partition coefficient (Wildman–Crippen LogP) is 2.79. The molecule has 0 bridgehead atoms. The molecule has 1 aromatic carbocycles. The van der Waals surface area contributed by atoms with Crippen molar-refractivity contribution in [2.24, 2.45) is 10.9 Å². The highest BCUT2D eigenvalue weighted by molar-refractivity contribution is 5.79. The fraction of sp³-hybridized carbons (Fsp3) is 0.474. The van der Waals surface area contributed by atoms with Gasteiger partial charge in [0, 0.05) is 46.1 Å². The Kier molecular flexibility index (Phi) is 6.85. The van der Waals surface area contributed by atoms with Crippen LogP contribution in [0.25, 0.3) is 0 Å². The highest BCUT2D eigenvalue weighted by Gasteiger charge is 2.09. The molecule has 1 heterocycles. The molecule has 0 amide bonds. The van der Waals surface area contributed by atoms with Crippen LogP contribution in [-0.2, 0) is 19.5 Å². The van der Waals surface area contributed by atoms with Gasteiger partial charge in [-0.25, -0.2) is 0 Å². The van der Waals surface area contributed by atoms with E-state index in [-0.39, 0.29) is 0 Å². The molecule has 2 rings (SSSR count). The molecule has 1 unspecified atom stereocenters. The van der Waals surface area contributed by atoms with Gasteiger partial charge in [0.25, 0.3) is 0 Å².